The zero-order valence-corrected chi connectivity index (χ0v) is 12.6. The van der Waals surface area contributed by atoms with Gasteiger partial charge < -0.3 is 4.57 Å². The highest BCUT2D eigenvalue weighted by atomic mass is 79.9. The van der Waals surface area contributed by atoms with Crippen LogP contribution in [0, 0.1) is 12.3 Å². The fourth-order valence-electron chi connectivity index (χ4n) is 2.82. The van der Waals surface area contributed by atoms with E-state index in [4.69, 9.17) is 0 Å². The van der Waals surface area contributed by atoms with Crippen LogP contribution in [0.15, 0.2) is 29.1 Å². The first-order valence-electron chi connectivity index (χ1n) is 6.67. The van der Waals surface area contributed by atoms with Gasteiger partial charge in [-0.2, -0.15) is 0 Å². The Bertz CT molecular complexity index is 668. The number of aromatic nitrogens is 2. The molecule has 0 radical (unpaired) electrons. The molecule has 0 atom stereocenters. The quantitative estimate of drug-likeness (QED) is 0.813. The molecule has 1 aliphatic rings. The number of nitrogens with zero attached hydrogens (tertiary/aromatic N) is 2. The Morgan fingerprint density at radius 2 is 2.11 bits per heavy atom. The van der Waals surface area contributed by atoms with E-state index in [1.165, 1.54) is 19.3 Å². The third kappa shape index (κ3) is 2.12. The van der Waals surface area contributed by atoms with Crippen molar-refractivity contribution < 1.29 is 0 Å². The van der Waals surface area contributed by atoms with Crippen molar-refractivity contribution in [3.63, 3.8) is 0 Å². The largest absolute Gasteiger partial charge is 0.305 e. The van der Waals surface area contributed by atoms with Gasteiger partial charge in [-0.1, -0.05) is 34.5 Å². The lowest BCUT2D eigenvalue weighted by Gasteiger charge is -2.41. The lowest BCUT2D eigenvalue weighted by atomic mass is 9.70. The van der Waals surface area contributed by atoms with Crippen molar-refractivity contribution in [3.05, 3.63) is 40.3 Å². The number of hydrogen-bond donors (Lipinski definition) is 0. The molecule has 1 aliphatic carbocycles. The summed E-state index contributed by atoms with van der Waals surface area (Å²) < 4.78 is 1.91. The van der Waals surface area contributed by atoms with Crippen LogP contribution >= 0.6 is 15.9 Å². The van der Waals surface area contributed by atoms with Crippen molar-refractivity contribution >= 4 is 27.0 Å². The van der Waals surface area contributed by atoms with Crippen molar-refractivity contribution in [2.75, 3.05) is 5.33 Å². The summed E-state index contributed by atoms with van der Waals surface area (Å²) in [5.74, 6) is 0. The predicted octanol–water partition coefficient (Wildman–Crippen LogP) is 3.27. The number of rotatable bonds is 3. The highest BCUT2D eigenvalue weighted by Crippen LogP contribution is 2.43. The number of halogens is 1. The van der Waals surface area contributed by atoms with Crippen molar-refractivity contribution in [1.29, 1.82) is 0 Å². The molecule has 0 unspecified atom stereocenters. The van der Waals surface area contributed by atoms with E-state index in [-0.39, 0.29) is 11.0 Å². The van der Waals surface area contributed by atoms with Crippen LogP contribution in [0.25, 0.3) is 11.0 Å². The maximum absolute atomic E-state index is 12.4. The highest BCUT2D eigenvalue weighted by Gasteiger charge is 2.36. The number of hydrogen-bond acceptors (Lipinski definition) is 2. The van der Waals surface area contributed by atoms with Crippen molar-refractivity contribution in [1.82, 2.24) is 9.55 Å². The molecule has 4 heteroatoms. The van der Waals surface area contributed by atoms with Gasteiger partial charge >= 0.3 is 0 Å². The Morgan fingerprint density at radius 1 is 1.37 bits per heavy atom. The van der Waals surface area contributed by atoms with Crippen molar-refractivity contribution in [2.24, 2.45) is 5.41 Å². The van der Waals surface area contributed by atoms with Gasteiger partial charge in [0.15, 0.2) is 0 Å². The van der Waals surface area contributed by atoms with Crippen LogP contribution < -0.4 is 5.56 Å². The summed E-state index contributed by atoms with van der Waals surface area (Å²) in [6.07, 6.45) is 3.66. The van der Waals surface area contributed by atoms with Gasteiger partial charge in [0.2, 0.25) is 0 Å². The first kappa shape index (κ1) is 12.9. The average Bonchev–Trinajstić information content (AvgIpc) is 2.38. The van der Waals surface area contributed by atoms with Gasteiger partial charge in [-0.25, -0.2) is 4.98 Å². The Balaban J connectivity index is 2.16. The number of para-hydroxylation sites is 2. The minimum absolute atomic E-state index is 0.0472. The van der Waals surface area contributed by atoms with Gasteiger partial charge in [-0.3, -0.25) is 4.79 Å². The summed E-state index contributed by atoms with van der Waals surface area (Å²) in [5, 5.41) is 0.960. The Kier molecular flexibility index (Phi) is 3.21. The van der Waals surface area contributed by atoms with Crippen LogP contribution in [0.1, 0.15) is 25.0 Å². The fourth-order valence-corrected chi connectivity index (χ4v) is 3.56. The Morgan fingerprint density at radius 3 is 2.74 bits per heavy atom. The zero-order chi connectivity index (χ0) is 13.5. The van der Waals surface area contributed by atoms with E-state index in [2.05, 4.69) is 20.9 Å². The molecule has 0 N–H and O–H groups in total. The second kappa shape index (κ2) is 4.75. The normalized spacial score (nSPS) is 17.4. The fraction of sp³-hybridized carbons (Fsp3) is 0.467. The van der Waals surface area contributed by atoms with Crippen molar-refractivity contribution in [3.8, 4) is 0 Å². The van der Waals surface area contributed by atoms with E-state index in [0.717, 1.165) is 22.9 Å². The number of aryl methyl sites for hydroxylation is 1. The lowest BCUT2D eigenvalue weighted by Crippen LogP contribution is -2.39. The van der Waals surface area contributed by atoms with Crippen molar-refractivity contribution in [2.45, 2.75) is 32.7 Å². The molecule has 3 nitrogen and oxygen atoms in total. The summed E-state index contributed by atoms with van der Waals surface area (Å²) in [5.41, 5.74) is 2.74. The second-order valence-corrected chi connectivity index (χ2v) is 6.13. The van der Waals surface area contributed by atoms with Gasteiger partial charge in [0, 0.05) is 11.9 Å². The standard InChI is InChI=1S/C15H17BrN2O/c1-11-14(19)18(10-15(9-16)7-4-8-15)13-6-3-2-5-12(13)17-11/h2-3,5-6H,4,7-10H2,1H3. The molecular formula is C15H17BrN2O. The molecule has 1 heterocycles. The number of benzene rings is 1. The van der Waals surface area contributed by atoms with Crippen LogP contribution in [0.5, 0.6) is 0 Å². The molecule has 100 valence electrons. The first-order valence-corrected chi connectivity index (χ1v) is 7.80. The van der Waals surface area contributed by atoms with Crippen LogP contribution in [0.4, 0.5) is 0 Å². The minimum atomic E-state index is 0.0472. The molecule has 0 amide bonds. The summed E-state index contributed by atoms with van der Waals surface area (Å²) >= 11 is 3.62. The molecule has 0 saturated heterocycles. The maximum atomic E-state index is 12.4. The summed E-state index contributed by atoms with van der Waals surface area (Å²) in [4.78, 5) is 16.8. The number of fused-ring (bicyclic) bond motifs is 1. The van der Waals surface area contributed by atoms with Crippen LogP contribution in [0.2, 0.25) is 0 Å². The predicted molar refractivity (Wildman–Crippen MR) is 80.8 cm³/mol. The van der Waals surface area contributed by atoms with E-state index in [0.29, 0.717) is 5.69 Å². The van der Waals surface area contributed by atoms with Crippen LogP contribution in [0.3, 0.4) is 0 Å². The molecule has 2 aromatic rings. The molecule has 1 saturated carbocycles. The maximum Gasteiger partial charge on any atom is 0.272 e. The summed E-state index contributed by atoms with van der Waals surface area (Å²) in [7, 11) is 0. The molecule has 3 rings (SSSR count). The van der Waals surface area contributed by atoms with E-state index >= 15 is 0 Å². The zero-order valence-electron chi connectivity index (χ0n) is 11.0. The molecule has 1 fully saturated rings. The molecule has 19 heavy (non-hydrogen) atoms. The van der Waals surface area contributed by atoms with Gasteiger partial charge in [-0.15, -0.1) is 0 Å². The van der Waals surface area contributed by atoms with Gasteiger partial charge in [0.1, 0.15) is 5.69 Å². The molecule has 0 aliphatic heterocycles. The third-order valence-electron chi connectivity index (χ3n) is 4.21. The monoisotopic (exact) mass is 320 g/mol. The van der Waals surface area contributed by atoms with E-state index in [9.17, 15) is 4.79 Å². The smallest absolute Gasteiger partial charge is 0.272 e. The lowest BCUT2D eigenvalue weighted by molar-refractivity contribution is 0.140. The number of alkyl halides is 1. The highest BCUT2D eigenvalue weighted by molar-refractivity contribution is 9.09. The summed E-state index contributed by atoms with van der Waals surface area (Å²) in [6.45, 7) is 2.59. The minimum Gasteiger partial charge on any atom is -0.305 e. The SMILES string of the molecule is Cc1nc2ccccc2n(CC2(CBr)CCC2)c1=O. The van der Waals surface area contributed by atoms with E-state index in [1.807, 2.05) is 28.8 Å². The average molecular weight is 321 g/mol. The molecule has 1 aromatic heterocycles. The molecule has 1 aromatic carbocycles. The Labute approximate surface area is 120 Å². The van der Waals surface area contributed by atoms with E-state index in [1.54, 1.807) is 6.92 Å². The molecule has 0 spiro atoms. The molecule has 0 bridgehead atoms. The topological polar surface area (TPSA) is 34.9 Å². The Hall–Kier alpha value is -1.16. The first-order chi connectivity index (χ1) is 9.15. The van der Waals surface area contributed by atoms with Crippen LogP contribution in [-0.4, -0.2) is 14.9 Å². The van der Waals surface area contributed by atoms with Gasteiger partial charge in [-0.05, 0) is 37.3 Å². The van der Waals surface area contributed by atoms with Gasteiger partial charge in [0.25, 0.3) is 5.56 Å². The second-order valence-electron chi connectivity index (χ2n) is 5.56. The third-order valence-corrected chi connectivity index (χ3v) is 5.40. The van der Waals surface area contributed by atoms with Gasteiger partial charge in [0.05, 0.1) is 11.0 Å². The van der Waals surface area contributed by atoms with E-state index < -0.39 is 0 Å². The molecular weight excluding hydrogens is 304 g/mol. The van der Waals surface area contributed by atoms with Crippen LogP contribution in [-0.2, 0) is 6.54 Å². The summed E-state index contributed by atoms with van der Waals surface area (Å²) in [6, 6.07) is 7.90.